The van der Waals surface area contributed by atoms with Crippen LogP contribution in [0.15, 0.2) is 42.5 Å². The fourth-order valence-electron chi connectivity index (χ4n) is 3.30. The highest BCUT2D eigenvalue weighted by atomic mass is 19.4. The molecule has 0 radical (unpaired) electrons. The number of carbonyl (C=O) groups excluding carboxylic acids is 2. The summed E-state index contributed by atoms with van der Waals surface area (Å²) in [7, 11) is 0. The van der Waals surface area contributed by atoms with Gasteiger partial charge in [0.1, 0.15) is 5.82 Å². The smallest absolute Gasteiger partial charge is 0.372 e. The number of aliphatic hydroxyl groups is 1. The van der Waals surface area contributed by atoms with Gasteiger partial charge in [-0.25, -0.2) is 4.39 Å². The number of allylic oxidation sites excluding steroid dienone is 2. The minimum absolute atomic E-state index is 0.132. The van der Waals surface area contributed by atoms with Gasteiger partial charge in [-0.2, -0.15) is 13.2 Å². The number of nitrogens with one attached hydrogen (secondary N) is 1. The fourth-order valence-corrected chi connectivity index (χ4v) is 3.30. The van der Waals surface area contributed by atoms with Crippen LogP contribution in [0.25, 0.3) is 0 Å². The van der Waals surface area contributed by atoms with Crippen LogP contribution in [0.3, 0.4) is 0 Å². The Bertz CT molecular complexity index is 850. The first-order valence-electron chi connectivity index (χ1n) is 8.63. The summed E-state index contributed by atoms with van der Waals surface area (Å²) in [6, 6.07) is 1.64. The van der Waals surface area contributed by atoms with E-state index in [0.29, 0.717) is 18.6 Å². The Morgan fingerprint density at radius 1 is 1.29 bits per heavy atom. The van der Waals surface area contributed by atoms with Crippen molar-refractivity contribution in [3.8, 4) is 0 Å². The van der Waals surface area contributed by atoms with E-state index in [0.717, 1.165) is 6.07 Å². The van der Waals surface area contributed by atoms with Crippen molar-refractivity contribution in [1.82, 2.24) is 10.2 Å². The molecule has 3 rings (SSSR count). The van der Waals surface area contributed by atoms with Gasteiger partial charge in [0, 0.05) is 19.5 Å². The topological polar surface area (TPSA) is 69.6 Å². The zero-order valence-electron chi connectivity index (χ0n) is 14.7. The average molecular weight is 398 g/mol. The highest BCUT2D eigenvalue weighted by molar-refractivity contribution is 6.09. The number of likely N-dealkylation sites (tertiary alicyclic amines) is 1. The van der Waals surface area contributed by atoms with Crippen LogP contribution >= 0.6 is 0 Å². The van der Waals surface area contributed by atoms with Gasteiger partial charge in [0.05, 0.1) is 11.6 Å². The lowest BCUT2D eigenvalue weighted by atomic mass is 10.0. The molecule has 2 unspecified atom stereocenters. The lowest BCUT2D eigenvalue weighted by molar-refractivity contribution is -0.155. The lowest BCUT2D eigenvalue weighted by Gasteiger charge is -2.27. The molecule has 9 heteroatoms. The van der Waals surface area contributed by atoms with Gasteiger partial charge in [0.15, 0.2) is 0 Å². The molecule has 28 heavy (non-hydrogen) atoms. The predicted octanol–water partition coefficient (Wildman–Crippen LogP) is 2.31. The van der Waals surface area contributed by atoms with Gasteiger partial charge in [-0.1, -0.05) is 24.3 Å². The molecule has 2 N–H and O–H groups in total. The summed E-state index contributed by atoms with van der Waals surface area (Å²) in [6.45, 7) is -0.287. The summed E-state index contributed by atoms with van der Waals surface area (Å²) < 4.78 is 51.8. The Kier molecular flexibility index (Phi) is 5.29. The Morgan fingerprint density at radius 2 is 2.04 bits per heavy atom. The molecule has 5 nitrogen and oxygen atoms in total. The highest BCUT2D eigenvalue weighted by Crippen LogP contribution is 2.31. The van der Waals surface area contributed by atoms with Crippen LogP contribution < -0.4 is 5.32 Å². The Morgan fingerprint density at radius 3 is 2.68 bits per heavy atom. The molecular weight excluding hydrogens is 380 g/mol. The predicted molar refractivity (Wildman–Crippen MR) is 91.2 cm³/mol. The molecule has 2 amide bonds. The van der Waals surface area contributed by atoms with Crippen molar-refractivity contribution >= 4 is 11.8 Å². The number of benzene rings is 1. The molecule has 0 spiro atoms. The molecule has 2 aliphatic rings. The van der Waals surface area contributed by atoms with Crippen LogP contribution in [-0.2, 0) is 22.3 Å². The van der Waals surface area contributed by atoms with Gasteiger partial charge < -0.3 is 15.3 Å². The second-order valence-electron chi connectivity index (χ2n) is 6.75. The maximum Gasteiger partial charge on any atom is 0.416 e. The lowest BCUT2D eigenvalue weighted by Crippen LogP contribution is -2.53. The van der Waals surface area contributed by atoms with Gasteiger partial charge in [-0.3, -0.25) is 9.59 Å². The molecule has 1 aromatic carbocycles. The van der Waals surface area contributed by atoms with Crippen molar-refractivity contribution in [3.05, 3.63) is 59.4 Å². The third kappa shape index (κ3) is 3.94. The zero-order chi connectivity index (χ0) is 20.5. The van der Waals surface area contributed by atoms with Crippen LogP contribution in [0.1, 0.15) is 24.0 Å². The molecular formula is C19H18F4N2O3. The summed E-state index contributed by atoms with van der Waals surface area (Å²) in [5, 5.41) is 12.8. The summed E-state index contributed by atoms with van der Waals surface area (Å²) in [5.74, 6) is -2.88. The van der Waals surface area contributed by atoms with Crippen LogP contribution in [0.2, 0.25) is 0 Å². The Labute approximate surface area is 158 Å². The maximum absolute atomic E-state index is 13.4. The van der Waals surface area contributed by atoms with Crippen LogP contribution in [0.5, 0.6) is 0 Å². The number of rotatable bonds is 4. The summed E-state index contributed by atoms with van der Waals surface area (Å²) in [4.78, 5) is 26.3. The van der Waals surface area contributed by atoms with E-state index in [-0.39, 0.29) is 24.6 Å². The molecule has 0 saturated carbocycles. The molecule has 150 valence electrons. The normalized spacial score (nSPS) is 24.7. The number of nitrogens with zero attached hydrogens (tertiary/aromatic N) is 1. The van der Waals surface area contributed by atoms with E-state index in [4.69, 9.17) is 0 Å². The van der Waals surface area contributed by atoms with Crippen LogP contribution in [-0.4, -0.2) is 40.0 Å². The SMILES string of the molecule is O=C(NCc1cc(F)cc(C(F)(F)F)c1)C1(O)CCN(C2C=CC=CC2)C1=O. The van der Waals surface area contributed by atoms with E-state index < -0.39 is 41.5 Å². The molecule has 0 aromatic heterocycles. The third-order valence-corrected chi connectivity index (χ3v) is 4.80. The van der Waals surface area contributed by atoms with Gasteiger partial charge in [-0.05, 0) is 30.2 Å². The van der Waals surface area contributed by atoms with E-state index in [2.05, 4.69) is 5.32 Å². The second-order valence-corrected chi connectivity index (χ2v) is 6.75. The minimum atomic E-state index is -4.73. The molecule has 2 atom stereocenters. The first kappa shape index (κ1) is 20.1. The number of hydrogen-bond acceptors (Lipinski definition) is 3. The molecule has 1 fully saturated rings. The van der Waals surface area contributed by atoms with Crippen molar-refractivity contribution in [2.45, 2.75) is 37.2 Å². The first-order chi connectivity index (χ1) is 13.1. The summed E-state index contributed by atoms with van der Waals surface area (Å²) in [6.07, 6.45) is 2.92. The fraction of sp³-hybridized carbons (Fsp3) is 0.368. The minimum Gasteiger partial charge on any atom is -0.372 e. The number of halogens is 4. The van der Waals surface area contributed by atoms with Gasteiger partial charge in [-0.15, -0.1) is 0 Å². The van der Waals surface area contributed by atoms with E-state index in [1.54, 1.807) is 12.2 Å². The van der Waals surface area contributed by atoms with Crippen LogP contribution in [0.4, 0.5) is 17.6 Å². The Balaban J connectivity index is 1.68. The third-order valence-electron chi connectivity index (χ3n) is 4.80. The molecule has 1 heterocycles. The van der Waals surface area contributed by atoms with Crippen molar-refractivity contribution in [1.29, 1.82) is 0 Å². The monoisotopic (exact) mass is 398 g/mol. The van der Waals surface area contributed by atoms with Crippen molar-refractivity contribution < 1.29 is 32.3 Å². The Hall–Kier alpha value is -2.68. The van der Waals surface area contributed by atoms with Crippen molar-refractivity contribution in [3.63, 3.8) is 0 Å². The van der Waals surface area contributed by atoms with Gasteiger partial charge in [0.25, 0.3) is 11.8 Å². The standard InChI is InChI=1S/C19H18F4N2O3/c20-14-9-12(8-13(10-14)19(21,22)23)11-24-16(26)18(28)6-7-25(17(18)27)15-4-2-1-3-5-15/h1-4,8-10,15,28H,5-7,11H2,(H,24,26). The number of carbonyl (C=O) groups is 2. The highest BCUT2D eigenvalue weighted by Gasteiger charge is 2.52. The summed E-state index contributed by atoms with van der Waals surface area (Å²) >= 11 is 0. The van der Waals surface area contributed by atoms with E-state index in [1.165, 1.54) is 4.90 Å². The zero-order valence-corrected chi connectivity index (χ0v) is 14.7. The number of hydrogen-bond donors (Lipinski definition) is 2. The van der Waals surface area contributed by atoms with E-state index in [1.807, 2.05) is 12.2 Å². The quantitative estimate of drug-likeness (QED) is 0.604. The van der Waals surface area contributed by atoms with Crippen molar-refractivity contribution in [2.75, 3.05) is 6.54 Å². The molecule has 1 saturated heterocycles. The van der Waals surface area contributed by atoms with Gasteiger partial charge >= 0.3 is 6.18 Å². The second kappa shape index (κ2) is 7.38. The summed E-state index contributed by atoms with van der Waals surface area (Å²) in [5.41, 5.74) is -3.61. The van der Waals surface area contributed by atoms with E-state index >= 15 is 0 Å². The molecule has 1 aliphatic carbocycles. The molecule has 1 aromatic rings. The van der Waals surface area contributed by atoms with Crippen molar-refractivity contribution in [2.24, 2.45) is 0 Å². The average Bonchev–Trinajstić information content (AvgIpc) is 2.95. The largest absolute Gasteiger partial charge is 0.416 e. The number of amides is 2. The van der Waals surface area contributed by atoms with Gasteiger partial charge in [0.2, 0.25) is 5.60 Å². The molecule has 1 aliphatic heterocycles. The first-order valence-corrected chi connectivity index (χ1v) is 8.63. The molecule has 0 bridgehead atoms. The maximum atomic E-state index is 13.4. The van der Waals surface area contributed by atoms with Crippen LogP contribution in [0, 0.1) is 5.82 Å². The van der Waals surface area contributed by atoms with E-state index in [9.17, 15) is 32.3 Å². The number of alkyl halides is 3.